The number of halogens is 1. The zero-order valence-corrected chi connectivity index (χ0v) is 16.0. The number of rotatable bonds is 3. The number of nitrogens with zero attached hydrogens (tertiary/aromatic N) is 3. The van der Waals surface area contributed by atoms with E-state index in [2.05, 4.69) is 31.0 Å². The van der Waals surface area contributed by atoms with Gasteiger partial charge in [0, 0.05) is 46.2 Å². The average molecular weight is 408 g/mol. The predicted octanol–water partition coefficient (Wildman–Crippen LogP) is 1.78. The maximum Gasteiger partial charge on any atom is 0.219 e. The van der Waals surface area contributed by atoms with Crippen molar-refractivity contribution >= 4 is 35.8 Å². The molecule has 1 atom stereocenters. The van der Waals surface area contributed by atoms with Crippen molar-refractivity contribution in [1.29, 1.82) is 0 Å². The number of guanidine groups is 1. The van der Waals surface area contributed by atoms with E-state index in [0.29, 0.717) is 5.41 Å². The Morgan fingerprint density at radius 3 is 2.19 bits per heavy atom. The summed E-state index contributed by atoms with van der Waals surface area (Å²) >= 11 is 0. The van der Waals surface area contributed by atoms with Crippen molar-refractivity contribution in [3.63, 3.8) is 0 Å². The first kappa shape index (κ1) is 18.5. The minimum atomic E-state index is 0. The third-order valence-electron chi connectivity index (χ3n) is 4.54. The highest BCUT2D eigenvalue weighted by molar-refractivity contribution is 14.0. The van der Waals surface area contributed by atoms with E-state index >= 15 is 0 Å². The van der Waals surface area contributed by atoms with Crippen molar-refractivity contribution in [2.24, 2.45) is 16.3 Å². The van der Waals surface area contributed by atoms with Crippen LogP contribution in [0.15, 0.2) is 4.99 Å². The van der Waals surface area contributed by atoms with Gasteiger partial charge in [0.05, 0.1) is 0 Å². The first-order valence-electron chi connectivity index (χ1n) is 7.73. The monoisotopic (exact) mass is 408 g/mol. The van der Waals surface area contributed by atoms with Crippen LogP contribution in [-0.2, 0) is 4.79 Å². The van der Waals surface area contributed by atoms with Crippen molar-refractivity contribution in [3.05, 3.63) is 0 Å². The van der Waals surface area contributed by atoms with E-state index in [1.54, 1.807) is 6.92 Å². The number of carbonyl (C=O) groups excluding carboxylic acids is 1. The molecule has 1 unspecified atom stereocenters. The minimum Gasteiger partial charge on any atom is -0.357 e. The van der Waals surface area contributed by atoms with Gasteiger partial charge in [0.25, 0.3) is 0 Å². The Kier molecular flexibility index (Phi) is 6.74. The highest BCUT2D eigenvalue weighted by Gasteiger charge is 2.45. The summed E-state index contributed by atoms with van der Waals surface area (Å²) in [6.07, 6.45) is 1.29. The topological polar surface area (TPSA) is 47.9 Å². The SMILES string of the molecule is CCNC(=NCC1CC1(C)C)N1CCN(C(C)=O)CC1.I. The fraction of sp³-hybridized carbons (Fsp3) is 0.867. The Hall–Kier alpha value is -0.530. The molecule has 5 nitrogen and oxygen atoms in total. The zero-order chi connectivity index (χ0) is 14.8. The predicted molar refractivity (Wildman–Crippen MR) is 97.1 cm³/mol. The average Bonchev–Trinajstić information content (AvgIpc) is 3.02. The summed E-state index contributed by atoms with van der Waals surface area (Å²) in [6.45, 7) is 13.5. The van der Waals surface area contributed by atoms with E-state index in [0.717, 1.165) is 51.1 Å². The molecule has 6 heteroatoms. The summed E-state index contributed by atoms with van der Waals surface area (Å²) in [5.41, 5.74) is 0.480. The van der Waals surface area contributed by atoms with Crippen LogP contribution in [0.5, 0.6) is 0 Å². The number of aliphatic imine (C=N–C) groups is 1. The van der Waals surface area contributed by atoms with Crippen molar-refractivity contribution < 1.29 is 4.79 Å². The molecule has 21 heavy (non-hydrogen) atoms. The molecule has 1 saturated carbocycles. The Labute approximate surface area is 145 Å². The molecule has 0 aromatic carbocycles. The molecule has 0 radical (unpaired) electrons. The van der Waals surface area contributed by atoms with Crippen LogP contribution in [-0.4, -0.2) is 60.9 Å². The third kappa shape index (κ3) is 5.00. The van der Waals surface area contributed by atoms with Gasteiger partial charge in [0.15, 0.2) is 5.96 Å². The molecule has 1 aliphatic carbocycles. The molecule has 1 aliphatic heterocycles. The number of carbonyl (C=O) groups is 1. The molecule has 2 aliphatic rings. The quantitative estimate of drug-likeness (QED) is 0.440. The van der Waals surface area contributed by atoms with Crippen LogP contribution in [0.3, 0.4) is 0 Å². The van der Waals surface area contributed by atoms with Crippen LogP contribution in [0.1, 0.15) is 34.1 Å². The number of piperazine rings is 1. The fourth-order valence-corrected chi connectivity index (χ4v) is 2.74. The smallest absolute Gasteiger partial charge is 0.219 e. The van der Waals surface area contributed by atoms with Gasteiger partial charge in [0.2, 0.25) is 5.91 Å². The lowest BCUT2D eigenvalue weighted by molar-refractivity contribution is -0.130. The molecule has 122 valence electrons. The maximum absolute atomic E-state index is 11.4. The number of amides is 1. The van der Waals surface area contributed by atoms with Crippen LogP contribution in [0.2, 0.25) is 0 Å². The van der Waals surface area contributed by atoms with Crippen molar-refractivity contribution in [2.45, 2.75) is 34.1 Å². The molecule has 0 spiro atoms. The lowest BCUT2D eigenvalue weighted by atomic mass is 10.1. The summed E-state index contributed by atoms with van der Waals surface area (Å²) in [4.78, 5) is 20.3. The second-order valence-electron chi connectivity index (χ2n) is 6.58. The van der Waals surface area contributed by atoms with Crippen LogP contribution < -0.4 is 5.32 Å². The number of hydrogen-bond acceptors (Lipinski definition) is 2. The van der Waals surface area contributed by atoms with E-state index < -0.39 is 0 Å². The summed E-state index contributed by atoms with van der Waals surface area (Å²) in [5.74, 6) is 1.92. The van der Waals surface area contributed by atoms with Gasteiger partial charge in [-0.05, 0) is 24.7 Å². The molecule has 2 fully saturated rings. The van der Waals surface area contributed by atoms with Crippen molar-refractivity contribution in [2.75, 3.05) is 39.3 Å². The summed E-state index contributed by atoms with van der Waals surface area (Å²) in [6, 6.07) is 0. The minimum absolute atomic E-state index is 0. The molecule has 2 rings (SSSR count). The first-order chi connectivity index (χ1) is 9.44. The summed E-state index contributed by atoms with van der Waals surface area (Å²) in [5, 5.41) is 3.38. The molecule has 1 N–H and O–H groups in total. The molecule has 0 bridgehead atoms. The molecule has 1 amide bonds. The van der Waals surface area contributed by atoms with E-state index in [1.807, 2.05) is 4.90 Å². The van der Waals surface area contributed by atoms with E-state index in [9.17, 15) is 4.79 Å². The van der Waals surface area contributed by atoms with Gasteiger partial charge in [-0.15, -0.1) is 24.0 Å². The fourth-order valence-electron chi connectivity index (χ4n) is 2.74. The Balaban J connectivity index is 0.00000220. The molecular formula is C15H29IN4O. The normalized spacial score (nSPS) is 24.4. The Morgan fingerprint density at radius 1 is 1.24 bits per heavy atom. The second kappa shape index (κ2) is 7.65. The molecule has 0 aromatic heterocycles. The van der Waals surface area contributed by atoms with E-state index in [1.165, 1.54) is 6.42 Å². The third-order valence-corrected chi connectivity index (χ3v) is 4.54. The standard InChI is InChI=1S/C15H28N4O.HI/c1-5-16-14(17-11-13-10-15(13,3)4)19-8-6-18(7-9-19)12(2)20;/h13H,5-11H2,1-4H3,(H,16,17);1H. The maximum atomic E-state index is 11.4. The van der Waals surface area contributed by atoms with Gasteiger partial charge in [-0.3, -0.25) is 9.79 Å². The highest BCUT2D eigenvalue weighted by Crippen LogP contribution is 2.51. The first-order valence-corrected chi connectivity index (χ1v) is 7.73. The van der Waals surface area contributed by atoms with Crippen LogP contribution >= 0.6 is 24.0 Å². The second-order valence-corrected chi connectivity index (χ2v) is 6.58. The van der Waals surface area contributed by atoms with Gasteiger partial charge in [-0.1, -0.05) is 13.8 Å². The largest absolute Gasteiger partial charge is 0.357 e. The van der Waals surface area contributed by atoms with Gasteiger partial charge in [-0.2, -0.15) is 0 Å². The molecule has 1 heterocycles. The van der Waals surface area contributed by atoms with Crippen LogP contribution in [0.25, 0.3) is 0 Å². The summed E-state index contributed by atoms with van der Waals surface area (Å²) < 4.78 is 0. The highest BCUT2D eigenvalue weighted by atomic mass is 127. The number of nitrogens with one attached hydrogen (secondary N) is 1. The van der Waals surface area contributed by atoms with E-state index in [-0.39, 0.29) is 29.9 Å². The van der Waals surface area contributed by atoms with Crippen LogP contribution in [0, 0.1) is 11.3 Å². The van der Waals surface area contributed by atoms with Gasteiger partial charge < -0.3 is 15.1 Å². The van der Waals surface area contributed by atoms with Gasteiger partial charge in [0.1, 0.15) is 0 Å². The molecular weight excluding hydrogens is 379 g/mol. The molecule has 0 aromatic rings. The van der Waals surface area contributed by atoms with Crippen LogP contribution in [0.4, 0.5) is 0 Å². The van der Waals surface area contributed by atoms with Crippen molar-refractivity contribution in [1.82, 2.24) is 15.1 Å². The zero-order valence-electron chi connectivity index (χ0n) is 13.7. The van der Waals surface area contributed by atoms with Gasteiger partial charge in [-0.25, -0.2) is 0 Å². The van der Waals surface area contributed by atoms with E-state index in [4.69, 9.17) is 4.99 Å². The van der Waals surface area contributed by atoms with Gasteiger partial charge >= 0.3 is 0 Å². The van der Waals surface area contributed by atoms with Crippen molar-refractivity contribution in [3.8, 4) is 0 Å². The Bertz CT molecular complexity index is 389. The Morgan fingerprint density at radius 2 is 1.76 bits per heavy atom. The number of hydrogen-bond donors (Lipinski definition) is 1. The lowest BCUT2D eigenvalue weighted by Gasteiger charge is -2.36. The summed E-state index contributed by atoms with van der Waals surface area (Å²) in [7, 11) is 0. The lowest BCUT2D eigenvalue weighted by Crippen LogP contribution is -2.53. The molecule has 1 saturated heterocycles.